The monoisotopic (exact) mass is 698 g/mol. The Kier molecular flexibility index (Phi) is 29.2. The van der Waals surface area contributed by atoms with Crippen molar-refractivity contribution in [3.8, 4) is 0 Å². The minimum absolute atomic E-state index is 0.0661. The van der Waals surface area contributed by atoms with Gasteiger partial charge in [-0.15, -0.1) is 0 Å². The van der Waals surface area contributed by atoms with Crippen molar-refractivity contribution in [3.05, 3.63) is 29.3 Å². The molecule has 0 saturated carbocycles. The van der Waals surface area contributed by atoms with Crippen LogP contribution in [0.2, 0.25) is 0 Å². The van der Waals surface area contributed by atoms with E-state index in [2.05, 4.69) is 63.4 Å². The van der Waals surface area contributed by atoms with Gasteiger partial charge in [-0.1, -0.05) is 128 Å². The van der Waals surface area contributed by atoms with E-state index in [0.717, 1.165) is 83.0 Å². The lowest BCUT2D eigenvalue weighted by atomic mass is 9.79. The van der Waals surface area contributed by atoms with Crippen molar-refractivity contribution in [2.24, 2.45) is 17.8 Å². The molecule has 288 valence electrons. The number of hydrogen-bond donors (Lipinski definition) is 0. The maximum Gasteiger partial charge on any atom is 0.305 e. The molecule has 5 heteroatoms. The van der Waals surface area contributed by atoms with E-state index < -0.39 is 0 Å². The van der Waals surface area contributed by atoms with Gasteiger partial charge in [0.1, 0.15) is 0 Å². The van der Waals surface area contributed by atoms with Gasteiger partial charge in [-0.2, -0.15) is 0 Å². The van der Waals surface area contributed by atoms with Crippen LogP contribution in [0, 0.1) is 17.8 Å². The van der Waals surface area contributed by atoms with E-state index >= 15 is 0 Å². The molecule has 1 rings (SSSR count). The molecule has 0 aromatic heterocycles. The molecule has 1 aliphatic heterocycles. The molecule has 1 heterocycles. The van der Waals surface area contributed by atoms with Crippen molar-refractivity contribution >= 4 is 11.9 Å². The minimum atomic E-state index is -0.0661. The molecule has 0 radical (unpaired) electrons. The van der Waals surface area contributed by atoms with Gasteiger partial charge in [0.15, 0.2) is 0 Å². The first-order valence-corrected chi connectivity index (χ1v) is 21.2. The van der Waals surface area contributed by atoms with E-state index in [1.54, 1.807) is 0 Å². The normalized spacial score (nSPS) is 22.3. The van der Waals surface area contributed by atoms with Crippen molar-refractivity contribution in [2.75, 3.05) is 26.8 Å². The lowest BCUT2D eigenvalue weighted by Crippen LogP contribution is -2.27. The second-order valence-electron chi connectivity index (χ2n) is 15.5. The highest BCUT2D eigenvalue weighted by Gasteiger charge is 2.24. The van der Waals surface area contributed by atoms with Gasteiger partial charge < -0.3 is 14.4 Å². The molecule has 0 aromatic carbocycles. The third-order valence-corrected chi connectivity index (χ3v) is 10.9. The van der Waals surface area contributed by atoms with Crippen LogP contribution in [0.4, 0.5) is 0 Å². The van der Waals surface area contributed by atoms with Crippen molar-refractivity contribution < 1.29 is 19.1 Å². The van der Waals surface area contributed by atoms with Crippen LogP contribution in [-0.2, 0) is 19.1 Å². The molecule has 1 aliphatic rings. The summed E-state index contributed by atoms with van der Waals surface area (Å²) in [5.74, 6) is 1.17. The SMILES string of the molecule is C=C=C=C=C1C(CCCCC)CCOC(=O)CCCCCCCC(CCCN(C)C(C)C)CCCCCCCC(=O)OCCC1CCCCC. The summed E-state index contributed by atoms with van der Waals surface area (Å²) >= 11 is 0. The fourth-order valence-corrected chi connectivity index (χ4v) is 7.41. The third-order valence-electron chi connectivity index (χ3n) is 10.9. The summed E-state index contributed by atoms with van der Waals surface area (Å²) in [4.78, 5) is 27.9. The van der Waals surface area contributed by atoms with Gasteiger partial charge in [-0.25, -0.2) is 0 Å². The number of rotatable bonds is 13. The number of unbranched alkanes of at least 4 members (excludes halogenated alkanes) is 4. The lowest BCUT2D eigenvalue weighted by molar-refractivity contribution is -0.144. The van der Waals surface area contributed by atoms with Gasteiger partial charge in [-0.05, 0) is 114 Å². The van der Waals surface area contributed by atoms with Gasteiger partial charge in [0.2, 0.25) is 0 Å². The van der Waals surface area contributed by atoms with E-state index in [-0.39, 0.29) is 23.8 Å². The predicted octanol–water partition coefficient (Wildman–Crippen LogP) is 12.5. The fraction of sp³-hybridized carbons (Fsp3) is 0.844. The maximum atomic E-state index is 12.7. The average molecular weight is 698 g/mol. The van der Waals surface area contributed by atoms with E-state index in [1.807, 2.05) is 0 Å². The second kappa shape index (κ2) is 31.7. The van der Waals surface area contributed by atoms with Crippen LogP contribution in [-0.4, -0.2) is 49.7 Å². The molecule has 5 nitrogen and oxygen atoms in total. The van der Waals surface area contributed by atoms with Gasteiger partial charge in [0.05, 0.1) is 13.2 Å². The number of ether oxygens (including phenoxy) is 2. The van der Waals surface area contributed by atoms with Crippen molar-refractivity contribution in [1.29, 1.82) is 0 Å². The molecular formula is C45H79NO4. The molecule has 0 spiro atoms. The molecular weight excluding hydrogens is 618 g/mol. The highest BCUT2D eigenvalue weighted by molar-refractivity contribution is 5.69. The lowest BCUT2D eigenvalue weighted by Gasteiger charge is -2.26. The van der Waals surface area contributed by atoms with Crippen LogP contribution >= 0.6 is 0 Å². The molecule has 0 aromatic rings. The number of esters is 2. The molecule has 0 N–H and O–H groups in total. The first kappa shape index (κ1) is 46.0. The Morgan fingerprint density at radius 1 is 0.680 bits per heavy atom. The highest BCUT2D eigenvalue weighted by Crippen LogP contribution is 2.33. The molecule has 0 bridgehead atoms. The van der Waals surface area contributed by atoms with Crippen molar-refractivity contribution in [3.63, 3.8) is 0 Å². The molecule has 0 aliphatic carbocycles. The van der Waals surface area contributed by atoms with E-state index in [9.17, 15) is 9.59 Å². The highest BCUT2D eigenvalue weighted by atomic mass is 16.5. The second-order valence-corrected chi connectivity index (χ2v) is 15.5. The summed E-state index contributed by atoms with van der Waals surface area (Å²) in [5, 5.41) is 0. The first-order valence-electron chi connectivity index (χ1n) is 21.2. The molecule has 1 saturated heterocycles. The zero-order valence-corrected chi connectivity index (χ0v) is 33.6. The largest absolute Gasteiger partial charge is 0.466 e. The first-order chi connectivity index (χ1) is 24.3. The fourth-order valence-electron chi connectivity index (χ4n) is 7.41. The van der Waals surface area contributed by atoms with Gasteiger partial charge >= 0.3 is 11.9 Å². The number of nitrogens with zero attached hydrogens (tertiary/aromatic N) is 1. The summed E-state index contributed by atoms with van der Waals surface area (Å²) in [6, 6.07) is 0.604. The molecule has 50 heavy (non-hydrogen) atoms. The van der Waals surface area contributed by atoms with Crippen LogP contribution in [0.3, 0.4) is 0 Å². The Labute approximate surface area is 309 Å². The average Bonchev–Trinajstić information content (AvgIpc) is 3.09. The van der Waals surface area contributed by atoms with Crippen molar-refractivity contribution in [2.45, 2.75) is 201 Å². The van der Waals surface area contributed by atoms with Crippen LogP contribution in [0.5, 0.6) is 0 Å². The van der Waals surface area contributed by atoms with Crippen LogP contribution in [0.1, 0.15) is 195 Å². The number of carbonyl (C=O) groups is 2. The quantitative estimate of drug-likeness (QED) is 0.109. The zero-order valence-electron chi connectivity index (χ0n) is 33.6. The number of cyclic esters (lactones) is 2. The van der Waals surface area contributed by atoms with Gasteiger partial charge in [0.25, 0.3) is 0 Å². The molecule has 2 unspecified atom stereocenters. The number of carbonyl (C=O) groups excluding carboxylic acids is 2. The Balaban J connectivity index is 2.95. The number of allylic oxidation sites excluding steroid dienone is 1. The smallest absolute Gasteiger partial charge is 0.305 e. The third kappa shape index (κ3) is 24.2. The standard InChI is InChI=1S/C45H79NO4/c1-7-10-19-29-41-34-37-49-44(47)32-23-17-13-15-21-26-40(28-25-36-46(6)39(4)5)27-22-16-14-18-24-33-45(48)50-38-35-42(30-20-11-8-2)43(41)31-12-9-3/h39-42H,3,7-8,10-11,13-30,32-38H2,1-2,4-6H3. The van der Waals surface area contributed by atoms with Crippen LogP contribution in [0.25, 0.3) is 0 Å². The summed E-state index contributed by atoms with van der Waals surface area (Å²) in [5.41, 5.74) is 10.5. The summed E-state index contributed by atoms with van der Waals surface area (Å²) < 4.78 is 11.6. The maximum absolute atomic E-state index is 12.7. The molecule has 2 atom stereocenters. The zero-order chi connectivity index (χ0) is 36.7. The minimum Gasteiger partial charge on any atom is -0.466 e. The van der Waals surface area contributed by atoms with E-state index in [4.69, 9.17) is 9.47 Å². The summed E-state index contributed by atoms with van der Waals surface area (Å²) in [6.07, 6.45) is 28.4. The van der Waals surface area contributed by atoms with E-state index in [1.165, 1.54) is 89.2 Å². The Morgan fingerprint density at radius 2 is 1.16 bits per heavy atom. The Morgan fingerprint density at radius 3 is 1.62 bits per heavy atom. The summed E-state index contributed by atoms with van der Waals surface area (Å²) in [7, 11) is 2.24. The topological polar surface area (TPSA) is 55.8 Å². The Bertz CT molecular complexity index is 933. The van der Waals surface area contributed by atoms with Gasteiger partial charge in [-0.3, -0.25) is 9.59 Å². The molecule has 0 amide bonds. The van der Waals surface area contributed by atoms with Crippen LogP contribution < -0.4 is 0 Å². The summed E-state index contributed by atoms with van der Waals surface area (Å²) in [6.45, 7) is 14.8. The Hall–Kier alpha value is -2.02. The van der Waals surface area contributed by atoms with Gasteiger partial charge in [0, 0.05) is 18.9 Å². The molecule has 1 fully saturated rings. The van der Waals surface area contributed by atoms with E-state index in [0.29, 0.717) is 32.1 Å². The predicted molar refractivity (Wildman–Crippen MR) is 211 cm³/mol. The van der Waals surface area contributed by atoms with Crippen molar-refractivity contribution in [1.82, 2.24) is 4.90 Å². The number of hydrogen-bond acceptors (Lipinski definition) is 5. The van der Waals surface area contributed by atoms with Crippen LogP contribution in [0.15, 0.2) is 29.3 Å².